The molecule has 0 aliphatic heterocycles. The molecule has 1 heterocycles. The standard InChI is InChI=1S/C14H16N2O3/c1-3-9(2)15-14(18)13-8-11(16-19-13)10-6-4-5-7-12(10)17/h4-9,17H,3H2,1-2H3,(H,15,18). The molecule has 0 fully saturated rings. The number of phenolic OH excluding ortho intramolecular Hbond substituents is 1. The van der Waals surface area contributed by atoms with Crippen LogP contribution in [0.3, 0.4) is 0 Å². The van der Waals surface area contributed by atoms with Gasteiger partial charge >= 0.3 is 0 Å². The number of para-hydroxylation sites is 1. The highest BCUT2D eigenvalue weighted by molar-refractivity contribution is 5.92. The van der Waals surface area contributed by atoms with Crippen LogP contribution in [0.25, 0.3) is 11.3 Å². The molecule has 19 heavy (non-hydrogen) atoms. The van der Waals surface area contributed by atoms with E-state index in [2.05, 4.69) is 10.5 Å². The minimum Gasteiger partial charge on any atom is -0.507 e. The summed E-state index contributed by atoms with van der Waals surface area (Å²) in [6, 6.07) is 8.36. The third-order valence-corrected chi connectivity index (χ3v) is 2.90. The van der Waals surface area contributed by atoms with Gasteiger partial charge in [0.2, 0.25) is 5.76 Å². The Morgan fingerprint density at radius 2 is 2.21 bits per heavy atom. The number of nitrogens with one attached hydrogen (secondary N) is 1. The average Bonchev–Trinajstić information content (AvgIpc) is 2.88. The van der Waals surface area contributed by atoms with Crippen molar-refractivity contribution in [2.45, 2.75) is 26.3 Å². The number of carbonyl (C=O) groups excluding carboxylic acids is 1. The first-order chi connectivity index (χ1) is 9.11. The molecule has 0 spiro atoms. The van der Waals surface area contributed by atoms with Crippen molar-refractivity contribution in [2.24, 2.45) is 0 Å². The van der Waals surface area contributed by atoms with Crippen LogP contribution in [0.5, 0.6) is 5.75 Å². The zero-order valence-electron chi connectivity index (χ0n) is 10.9. The van der Waals surface area contributed by atoms with Gasteiger partial charge in [-0.15, -0.1) is 0 Å². The largest absolute Gasteiger partial charge is 0.507 e. The number of nitrogens with zero attached hydrogens (tertiary/aromatic N) is 1. The summed E-state index contributed by atoms with van der Waals surface area (Å²) in [6.07, 6.45) is 0.839. The third kappa shape index (κ3) is 2.93. The van der Waals surface area contributed by atoms with Gasteiger partial charge in [-0.2, -0.15) is 0 Å². The van der Waals surface area contributed by atoms with E-state index < -0.39 is 0 Å². The van der Waals surface area contributed by atoms with Gasteiger partial charge in [0.1, 0.15) is 11.4 Å². The van der Waals surface area contributed by atoms with Gasteiger partial charge in [-0.05, 0) is 25.5 Å². The molecule has 0 aliphatic rings. The molecule has 1 aromatic heterocycles. The maximum atomic E-state index is 11.8. The van der Waals surface area contributed by atoms with Crippen molar-refractivity contribution in [3.63, 3.8) is 0 Å². The van der Waals surface area contributed by atoms with Crippen LogP contribution in [0.2, 0.25) is 0 Å². The maximum absolute atomic E-state index is 11.8. The summed E-state index contributed by atoms with van der Waals surface area (Å²) in [4.78, 5) is 11.8. The lowest BCUT2D eigenvalue weighted by atomic mass is 10.1. The molecule has 1 amide bonds. The monoisotopic (exact) mass is 260 g/mol. The maximum Gasteiger partial charge on any atom is 0.290 e. The van der Waals surface area contributed by atoms with Crippen molar-refractivity contribution in [2.75, 3.05) is 0 Å². The molecule has 0 aliphatic carbocycles. The Labute approximate surface area is 111 Å². The number of aromatic nitrogens is 1. The summed E-state index contributed by atoms with van der Waals surface area (Å²) in [5.74, 6) is -0.0632. The Kier molecular flexibility index (Phi) is 3.85. The third-order valence-electron chi connectivity index (χ3n) is 2.90. The van der Waals surface area contributed by atoms with E-state index in [1.807, 2.05) is 13.8 Å². The van der Waals surface area contributed by atoms with Crippen molar-refractivity contribution in [3.8, 4) is 17.0 Å². The van der Waals surface area contributed by atoms with E-state index in [4.69, 9.17) is 4.52 Å². The van der Waals surface area contributed by atoms with Crippen LogP contribution in [0, 0.1) is 0 Å². The first-order valence-corrected chi connectivity index (χ1v) is 6.17. The fourth-order valence-electron chi connectivity index (χ4n) is 1.60. The Morgan fingerprint density at radius 3 is 2.89 bits per heavy atom. The zero-order valence-corrected chi connectivity index (χ0v) is 10.9. The van der Waals surface area contributed by atoms with E-state index >= 15 is 0 Å². The molecule has 1 unspecified atom stereocenters. The summed E-state index contributed by atoms with van der Waals surface area (Å²) >= 11 is 0. The van der Waals surface area contributed by atoms with Gasteiger partial charge in [0.15, 0.2) is 0 Å². The number of rotatable bonds is 4. The van der Waals surface area contributed by atoms with Gasteiger partial charge in [-0.25, -0.2) is 0 Å². The van der Waals surface area contributed by atoms with Crippen LogP contribution in [-0.2, 0) is 0 Å². The fraction of sp³-hybridized carbons (Fsp3) is 0.286. The molecule has 0 saturated carbocycles. The van der Waals surface area contributed by atoms with Crippen LogP contribution < -0.4 is 5.32 Å². The van der Waals surface area contributed by atoms with Gasteiger partial charge in [-0.3, -0.25) is 4.79 Å². The van der Waals surface area contributed by atoms with Crippen LogP contribution in [0.15, 0.2) is 34.9 Å². The molecule has 0 bridgehead atoms. The minimum absolute atomic E-state index is 0.0752. The van der Waals surface area contributed by atoms with E-state index in [1.165, 1.54) is 6.07 Å². The molecule has 5 nitrogen and oxygen atoms in total. The van der Waals surface area contributed by atoms with E-state index in [0.29, 0.717) is 11.3 Å². The van der Waals surface area contributed by atoms with Crippen molar-refractivity contribution in [1.29, 1.82) is 0 Å². The first-order valence-electron chi connectivity index (χ1n) is 6.17. The highest BCUT2D eigenvalue weighted by Crippen LogP contribution is 2.27. The normalized spacial score (nSPS) is 12.1. The Hall–Kier alpha value is -2.30. The second-order valence-corrected chi connectivity index (χ2v) is 4.38. The smallest absolute Gasteiger partial charge is 0.290 e. The molecule has 0 saturated heterocycles. The predicted octanol–water partition coefficient (Wildman–Crippen LogP) is 2.58. The summed E-state index contributed by atoms with van der Waals surface area (Å²) in [5.41, 5.74) is 0.973. The minimum atomic E-state index is -0.302. The molecule has 5 heteroatoms. The Morgan fingerprint density at radius 1 is 1.47 bits per heavy atom. The van der Waals surface area contributed by atoms with Gasteiger partial charge in [-0.1, -0.05) is 24.2 Å². The van der Waals surface area contributed by atoms with Gasteiger partial charge in [0.05, 0.1) is 0 Å². The van der Waals surface area contributed by atoms with E-state index in [-0.39, 0.29) is 23.5 Å². The average molecular weight is 260 g/mol. The first kappa shape index (κ1) is 13.1. The molecular formula is C14H16N2O3. The highest BCUT2D eigenvalue weighted by Gasteiger charge is 2.16. The predicted molar refractivity (Wildman–Crippen MR) is 70.8 cm³/mol. The van der Waals surface area contributed by atoms with Crippen LogP contribution in [0.1, 0.15) is 30.8 Å². The summed E-state index contributed by atoms with van der Waals surface area (Å²) < 4.78 is 5.01. The zero-order chi connectivity index (χ0) is 13.8. The van der Waals surface area contributed by atoms with Crippen LogP contribution >= 0.6 is 0 Å². The number of phenols is 1. The van der Waals surface area contributed by atoms with Crippen LogP contribution in [0.4, 0.5) is 0 Å². The molecule has 0 radical (unpaired) electrons. The van der Waals surface area contributed by atoms with E-state index in [0.717, 1.165) is 6.42 Å². The molecule has 2 rings (SSSR count). The van der Waals surface area contributed by atoms with Crippen molar-refractivity contribution < 1.29 is 14.4 Å². The number of hydrogen-bond donors (Lipinski definition) is 2. The van der Waals surface area contributed by atoms with Crippen LogP contribution in [-0.4, -0.2) is 22.2 Å². The van der Waals surface area contributed by atoms with Crippen molar-refractivity contribution in [3.05, 3.63) is 36.1 Å². The number of benzene rings is 1. The molecular weight excluding hydrogens is 244 g/mol. The molecule has 1 atom stereocenters. The molecule has 100 valence electrons. The summed E-state index contributed by atoms with van der Waals surface area (Å²) in [5, 5.41) is 16.3. The molecule has 2 aromatic rings. The van der Waals surface area contributed by atoms with E-state index in [1.54, 1.807) is 24.3 Å². The lowest BCUT2D eigenvalue weighted by molar-refractivity contribution is 0.0902. The van der Waals surface area contributed by atoms with Gasteiger partial charge in [0, 0.05) is 17.7 Å². The number of carbonyl (C=O) groups is 1. The second-order valence-electron chi connectivity index (χ2n) is 4.38. The van der Waals surface area contributed by atoms with Gasteiger partial charge < -0.3 is 14.9 Å². The second kappa shape index (κ2) is 5.56. The molecule has 2 N–H and O–H groups in total. The van der Waals surface area contributed by atoms with E-state index in [9.17, 15) is 9.90 Å². The number of amides is 1. The number of aromatic hydroxyl groups is 1. The Balaban J connectivity index is 2.20. The lowest BCUT2D eigenvalue weighted by Gasteiger charge is -2.08. The lowest BCUT2D eigenvalue weighted by Crippen LogP contribution is -2.31. The SMILES string of the molecule is CCC(C)NC(=O)c1cc(-c2ccccc2O)no1. The Bertz CT molecular complexity index is 578. The summed E-state index contributed by atoms with van der Waals surface area (Å²) in [7, 11) is 0. The van der Waals surface area contributed by atoms with Crippen molar-refractivity contribution >= 4 is 5.91 Å². The van der Waals surface area contributed by atoms with Gasteiger partial charge in [0.25, 0.3) is 5.91 Å². The summed E-state index contributed by atoms with van der Waals surface area (Å²) in [6.45, 7) is 3.90. The van der Waals surface area contributed by atoms with Crippen molar-refractivity contribution in [1.82, 2.24) is 10.5 Å². The number of hydrogen-bond acceptors (Lipinski definition) is 4. The quantitative estimate of drug-likeness (QED) is 0.885. The molecule has 1 aromatic carbocycles. The fourth-order valence-corrected chi connectivity index (χ4v) is 1.60. The topological polar surface area (TPSA) is 75.4 Å². The highest BCUT2D eigenvalue weighted by atomic mass is 16.5.